The Balaban J connectivity index is 1.68. The lowest BCUT2D eigenvalue weighted by Crippen LogP contribution is -2.36. The Morgan fingerprint density at radius 1 is 1.31 bits per heavy atom. The molecule has 2 heterocycles. The van der Waals surface area contributed by atoms with Crippen molar-refractivity contribution in [1.29, 1.82) is 5.26 Å². The van der Waals surface area contributed by atoms with Crippen molar-refractivity contribution in [2.24, 2.45) is 5.92 Å². The number of piperidine rings is 1. The Bertz CT molecular complexity index is 1150. The van der Waals surface area contributed by atoms with E-state index >= 15 is 0 Å². The number of carboxylic acid groups (broad SMARTS) is 1. The van der Waals surface area contributed by atoms with Gasteiger partial charge in [0.05, 0.1) is 0 Å². The van der Waals surface area contributed by atoms with Gasteiger partial charge >= 0.3 is 5.97 Å². The molecule has 2 aromatic rings. The summed E-state index contributed by atoms with van der Waals surface area (Å²) in [5.41, 5.74) is 1.29. The van der Waals surface area contributed by atoms with Crippen LogP contribution in [0, 0.1) is 17.2 Å². The van der Waals surface area contributed by atoms with Crippen molar-refractivity contribution < 1.29 is 15.0 Å². The van der Waals surface area contributed by atoms with Gasteiger partial charge in [-0.05, 0) is 62.9 Å². The van der Waals surface area contributed by atoms with Crippen molar-refractivity contribution in [3.05, 3.63) is 49.4 Å². The van der Waals surface area contributed by atoms with E-state index in [1.807, 2.05) is 24.3 Å². The number of thiazole rings is 1. The van der Waals surface area contributed by atoms with Crippen molar-refractivity contribution in [3.63, 3.8) is 0 Å². The maximum absolute atomic E-state index is 12.6. The lowest BCUT2D eigenvalue weighted by atomic mass is 9.97. The molecule has 0 amide bonds. The van der Waals surface area contributed by atoms with Gasteiger partial charge < -0.3 is 20.4 Å². The van der Waals surface area contributed by atoms with Gasteiger partial charge in [-0.25, -0.2) is 4.79 Å². The predicted octanol–water partition coefficient (Wildman–Crippen LogP) is 0.785. The minimum absolute atomic E-state index is 0.152. The van der Waals surface area contributed by atoms with Crippen LogP contribution in [-0.2, 0) is 17.8 Å². The monoisotopic (exact) mass is 456 g/mol. The van der Waals surface area contributed by atoms with E-state index in [4.69, 9.17) is 5.26 Å². The fourth-order valence-electron chi connectivity index (χ4n) is 3.78. The molecule has 3 rings (SSSR count). The van der Waals surface area contributed by atoms with Crippen molar-refractivity contribution in [2.45, 2.75) is 32.7 Å². The Hall–Kier alpha value is -2.93. The summed E-state index contributed by atoms with van der Waals surface area (Å²) in [4.78, 5) is 26.3. The minimum atomic E-state index is -1.34. The quantitative estimate of drug-likeness (QED) is 0.537. The second-order valence-corrected chi connectivity index (χ2v) is 8.85. The number of aromatic nitrogens is 1. The molecular weight excluding hydrogens is 428 g/mol. The van der Waals surface area contributed by atoms with E-state index in [-0.39, 0.29) is 23.4 Å². The summed E-state index contributed by atoms with van der Waals surface area (Å²) in [7, 11) is 0. The number of likely N-dealkylation sites (tertiary alicyclic amines) is 1. The van der Waals surface area contributed by atoms with E-state index in [1.165, 1.54) is 10.1 Å². The number of hydrogen-bond donors (Lipinski definition) is 3. The highest BCUT2D eigenvalue weighted by Crippen LogP contribution is 2.17. The second kappa shape index (κ2) is 11.1. The fourth-order valence-corrected chi connectivity index (χ4v) is 4.86. The fraction of sp³-hybridized carbons (Fsp3) is 0.435. The first kappa shape index (κ1) is 23.7. The van der Waals surface area contributed by atoms with Crippen molar-refractivity contribution in [1.82, 2.24) is 9.47 Å². The summed E-state index contributed by atoms with van der Waals surface area (Å²) in [5, 5.41) is 30.7. The summed E-state index contributed by atoms with van der Waals surface area (Å²) in [6.07, 6.45) is 4.62. The van der Waals surface area contributed by atoms with Gasteiger partial charge in [0, 0.05) is 31.6 Å². The summed E-state index contributed by atoms with van der Waals surface area (Å²) >= 11 is 0.991. The summed E-state index contributed by atoms with van der Waals surface area (Å²) in [5.74, 6) is -0.897. The molecule has 0 bridgehead atoms. The van der Waals surface area contributed by atoms with Crippen LogP contribution in [0.1, 0.15) is 25.3 Å². The molecule has 0 saturated carbocycles. The molecule has 1 aliphatic rings. The number of benzene rings is 1. The zero-order valence-corrected chi connectivity index (χ0v) is 18.9. The van der Waals surface area contributed by atoms with Crippen LogP contribution >= 0.6 is 11.3 Å². The van der Waals surface area contributed by atoms with Crippen LogP contribution in [-0.4, -0.2) is 51.9 Å². The Kier molecular flexibility index (Phi) is 8.22. The SMILES string of the molecule is CCn1c(=C(C#N)C(=O)O)sc(=CNc2ccc(CCN3CCC(CO)CC3)cc2)c1=O. The van der Waals surface area contributed by atoms with Crippen LogP contribution in [0.25, 0.3) is 11.8 Å². The zero-order chi connectivity index (χ0) is 23.1. The number of rotatable bonds is 8. The smallest absolute Gasteiger partial charge is 0.349 e. The van der Waals surface area contributed by atoms with Crippen LogP contribution in [0.15, 0.2) is 29.1 Å². The Morgan fingerprint density at radius 2 is 2.00 bits per heavy atom. The number of nitrogens with zero attached hydrogens (tertiary/aromatic N) is 3. The summed E-state index contributed by atoms with van der Waals surface area (Å²) in [6, 6.07) is 9.66. The largest absolute Gasteiger partial charge is 0.477 e. The minimum Gasteiger partial charge on any atom is -0.477 e. The van der Waals surface area contributed by atoms with Gasteiger partial charge in [-0.1, -0.05) is 12.1 Å². The van der Waals surface area contributed by atoms with Crippen LogP contribution < -0.4 is 20.1 Å². The van der Waals surface area contributed by atoms with Gasteiger partial charge in [-0.2, -0.15) is 5.26 Å². The molecule has 0 spiro atoms. The summed E-state index contributed by atoms with van der Waals surface area (Å²) < 4.78 is 1.79. The molecular formula is C23H28N4O4S. The van der Waals surface area contributed by atoms with E-state index in [0.717, 1.165) is 55.9 Å². The number of nitriles is 1. The van der Waals surface area contributed by atoms with Crippen LogP contribution in [0.2, 0.25) is 0 Å². The lowest BCUT2D eigenvalue weighted by Gasteiger charge is -2.31. The first-order valence-corrected chi connectivity index (χ1v) is 11.5. The number of aliphatic carboxylic acids is 1. The topological polar surface area (TPSA) is 119 Å². The molecule has 32 heavy (non-hydrogen) atoms. The Morgan fingerprint density at radius 3 is 2.56 bits per heavy atom. The Labute approximate surface area is 190 Å². The third-order valence-electron chi connectivity index (χ3n) is 5.77. The number of hydrogen-bond acceptors (Lipinski definition) is 7. The highest BCUT2D eigenvalue weighted by Gasteiger charge is 2.18. The number of anilines is 1. The van der Waals surface area contributed by atoms with Crippen LogP contribution in [0.3, 0.4) is 0 Å². The maximum atomic E-state index is 12.6. The highest BCUT2D eigenvalue weighted by molar-refractivity contribution is 7.07. The van der Waals surface area contributed by atoms with E-state index in [9.17, 15) is 19.8 Å². The standard InChI is InChI=1S/C23H28N4O4S/c1-2-27-21(29)20(32-22(27)19(13-24)23(30)31)14-25-18-5-3-16(4-6-18)7-10-26-11-8-17(15-28)9-12-26/h3-6,14,17,25,28H,2,7-12,15H2,1H3,(H,30,31). The summed E-state index contributed by atoms with van der Waals surface area (Å²) in [6.45, 7) is 5.36. The van der Waals surface area contributed by atoms with Crippen LogP contribution in [0.5, 0.6) is 0 Å². The zero-order valence-electron chi connectivity index (χ0n) is 18.1. The molecule has 9 heteroatoms. The van der Waals surface area contributed by atoms with E-state index in [2.05, 4.69) is 10.2 Å². The number of carbonyl (C=O) groups is 1. The number of nitrogens with one attached hydrogen (secondary N) is 1. The van der Waals surface area contributed by atoms with Crippen molar-refractivity contribution in [2.75, 3.05) is 31.6 Å². The van der Waals surface area contributed by atoms with Gasteiger partial charge in [0.25, 0.3) is 5.56 Å². The molecule has 0 atom stereocenters. The van der Waals surface area contributed by atoms with E-state index in [1.54, 1.807) is 19.2 Å². The molecule has 170 valence electrons. The molecule has 0 radical (unpaired) electrons. The molecule has 1 aliphatic heterocycles. The van der Waals surface area contributed by atoms with Gasteiger partial charge in [0.15, 0.2) is 5.57 Å². The van der Waals surface area contributed by atoms with Crippen LogP contribution in [0.4, 0.5) is 5.69 Å². The first-order valence-electron chi connectivity index (χ1n) is 10.7. The maximum Gasteiger partial charge on any atom is 0.349 e. The van der Waals surface area contributed by atoms with Gasteiger partial charge in [-0.15, -0.1) is 11.3 Å². The van der Waals surface area contributed by atoms with E-state index < -0.39 is 11.5 Å². The number of carboxylic acids is 1. The molecule has 1 aromatic carbocycles. The second-order valence-electron chi connectivity index (χ2n) is 7.82. The van der Waals surface area contributed by atoms with Gasteiger partial charge in [0.2, 0.25) is 0 Å². The van der Waals surface area contributed by atoms with Gasteiger partial charge in [0.1, 0.15) is 15.3 Å². The average Bonchev–Trinajstić information content (AvgIpc) is 3.12. The average molecular weight is 457 g/mol. The first-order chi connectivity index (χ1) is 15.5. The van der Waals surface area contributed by atoms with Gasteiger partial charge in [-0.3, -0.25) is 9.36 Å². The van der Waals surface area contributed by atoms with E-state index in [0.29, 0.717) is 10.5 Å². The number of aliphatic hydroxyl groups is 1. The molecule has 0 aliphatic carbocycles. The highest BCUT2D eigenvalue weighted by atomic mass is 32.1. The van der Waals surface area contributed by atoms with Crippen molar-refractivity contribution >= 4 is 34.8 Å². The lowest BCUT2D eigenvalue weighted by molar-refractivity contribution is -0.130. The number of aliphatic hydroxyl groups excluding tert-OH is 1. The molecule has 1 aromatic heterocycles. The third kappa shape index (κ3) is 5.65. The molecule has 1 saturated heterocycles. The molecule has 8 nitrogen and oxygen atoms in total. The third-order valence-corrected chi connectivity index (χ3v) is 6.90. The van der Waals surface area contributed by atoms with Crippen molar-refractivity contribution in [3.8, 4) is 6.07 Å². The molecule has 1 fully saturated rings. The molecule has 0 unspecified atom stereocenters. The normalized spacial score (nSPS) is 16.6. The predicted molar refractivity (Wildman–Crippen MR) is 125 cm³/mol. The molecule has 3 N–H and O–H groups in total.